The molecule has 23 heavy (non-hydrogen) atoms. The summed E-state index contributed by atoms with van der Waals surface area (Å²) in [4.78, 5) is 12.2. The van der Waals surface area contributed by atoms with Crippen molar-refractivity contribution in [3.8, 4) is 5.75 Å². The van der Waals surface area contributed by atoms with Crippen LogP contribution in [0.1, 0.15) is 33.3 Å². The van der Waals surface area contributed by atoms with Crippen LogP contribution in [-0.2, 0) is 10.2 Å². The van der Waals surface area contributed by atoms with Gasteiger partial charge in [0, 0.05) is 10.2 Å². The second kappa shape index (κ2) is 7.18. The number of hydrogen-bond donors (Lipinski definition) is 1. The summed E-state index contributed by atoms with van der Waals surface area (Å²) in [6.45, 7) is 8.23. The van der Waals surface area contributed by atoms with Gasteiger partial charge in [-0.05, 0) is 48.2 Å². The van der Waals surface area contributed by atoms with E-state index in [9.17, 15) is 4.79 Å². The molecule has 122 valence electrons. The predicted molar refractivity (Wildman–Crippen MR) is 98.0 cm³/mol. The molecule has 4 heteroatoms. The number of nitrogens with one attached hydrogen (secondary N) is 1. The highest BCUT2D eigenvalue weighted by atomic mass is 79.9. The van der Waals surface area contributed by atoms with Crippen LogP contribution in [0.25, 0.3) is 0 Å². The molecule has 0 aromatic heterocycles. The molecule has 0 aliphatic heterocycles. The lowest BCUT2D eigenvalue weighted by atomic mass is 9.87. The van der Waals surface area contributed by atoms with Gasteiger partial charge < -0.3 is 10.1 Å². The molecule has 2 aromatic rings. The van der Waals surface area contributed by atoms with Gasteiger partial charge in [0.2, 0.25) is 0 Å². The van der Waals surface area contributed by atoms with E-state index in [2.05, 4.69) is 42.0 Å². The number of halogens is 1. The van der Waals surface area contributed by atoms with Crippen LogP contribution in [0, 0.1) is 0 Å². The van der Waals surface area contributed by atoms with Crippen LogP contribution in [0.15, 0.2) is 53.0 Å². The smallest absolute Gasteiger partial charge is 0.265 e. The maximum Gasteiger partial charge on any atom is 0.265 e. The van der Waals surface area contributed by atoms with Gasteiger partial charge in [-0.3, -0.25) is 4.79 Å². The van der Waals surface area contributed by atoms with E-state index >= 15 is 0 Å². The Morgan fingerprint density at radius 1 is 1.13 bits per heavy atom. The first-order valence-electron chi connectivity index (χ1n) is 7.59. The van der Waals surface area contributed by atoms with Crippen molar-refractivity contribution in [1.82, 2.24) is 0 Å². The van der Waals surface area contributed by atoms with Gasteiger partial charge in [0.25, 0.3) is 5.91 Å². The minimum atomic E-state index is -0.575. The van der Waals surface area contributed by atoms with E-state index in [1.54, 1.807) is 6.92 Å². The summed E-state index contributed by atoms with van der Waals surface area (Å²) in [5, 5.41) is 2.84. The second-order valence-corrected chi connectivity index (χ2v) is 7.45. The number of rotatable bonds is 4. The van der Waals surface area contributed by atoms with Crippen molar-refractivity contribution >= 4 is 27.5 Å². The summed E-state index contributed by atoms with van der Waals surface area (Å²) in [5.41, 5.74) is 2.07. The molecule has 0 saturated carbocycles. The van der Waals surface area contributed by atoms with Crippen molar-refractivity contribution in [1.29, 1.82) is 0 Å². The standard InChI is InChI=1S/C19H22BrNO2/c1-13(18(22)21-16-7-5-6-15(20)12-16)23-17-10-8-14(9-11-17)19(2,3)4/h5-13H,1-4H3,(H,21,22). The van der Waals surface area contributed by atoms with Crippen LogP contribution in [0.3, 0.4) is 0 Å². The highest BCUT2D eigenvalue weighted by Gasteiger charge is 2.16. The lowest BCUT2D eigenvalue weighted by molar-refractivity contribution is -0.122. The fraction of sp³-hybridized carbons (Fsp3) is 0.316. The Morgan fingerprint density at radius 3 is 2.35 bits per heavy atom. The Kier molecular flexibility index (Phi) is 5.47. The number of hydrogen-bond acceptors (Lipinski definition) is 2. The molecular formula is C19H22BrNO2. The molecule has 0 aliphatic rings. The average molecular weight is 376 g/mol. The first kappa shape index (κ1) is 17.5. The Morgan fingerprint density at radius 2 is 1.78 bits per heavy atom. The average Bonchev–Trinajstić information content (AvgIpc) is 2.46. The SMILES string of the molecule is CC(Oc1ccc(C(C)(C)C)cc1)C(=O)Nc1cccc(Br)c1. The van der Waals surface area contributed by atoms with Crippen molar-refractivity contribution in [2.24, 2.45) is 0 Å². The Hall–Kier alpha value is -1.81. The van der Waals surface area contributed by atoms with Crippen molar-refractivity contribution in [3.63, 3.8) is 0 Å². The van der Waals surface area contributed by atoms with Crippen molar-refractivity contribution in [2.75, 3.05) is 5.32 Å². The van der Waals surface area contributed by atoms with Gasteiger partial charge >= 0.3 is 0 Å². The van der Waals surface area contributed by atoms with E-state index in [-0.39, 0.29) is 11.3 Å². The van der Waals surface area contributed by atoms with E-state index < -0.39 is 6.10 Å². The first-order valence-corrected chi connectivity index (χ1v) is 8.38. The van der Waals surface area contributed by atoms with Gasteiger partial charge in [-0.1, -0.05) is 54.9 Å². The van der Waals surface area contributed by atoms with E-state index in [4.69, 9.17) is 4.74 Å². The molecule has 1 unspecified atom stereocenters. The van der Waals surface area contributed by atoms with Crippen molar-refractivity contribution in [2.45, 2.75) is 39.2 Å². The van der Waals surface area contributed by atoms with E-state index in [0.29, 0.717) is 5.75 Å². The fourth-order valence-corrected chi connectivity index (χ4v) is 2.50. The number of amides is 1. The molecule has 3 nitrogen and oxygen atoms in total. The molecule has 2 aromatic carbocycles. The Labute approximate surface area is 146 Å². The van der Waals surface area contributed by atoms with E-state index in [1.807, 2.05) is 48.5 Å². The largest absolute Gasteiger partial charge is 0.481 e. The summed E-state index contributed by atoms with van der Waals surface area (Å²) in [7, 11) is 0. The predicted octanol–water partition coefficient (Wildman–Crippen LogP) is 5.15. The second-order valence-electron chi connectivity index (χ2n) is 6.53. The Balaban J connectivity index is 1.98. The van der Waals surface area contributed by atoms with Gasteiger partial charge in [-0.25, -0.2) is 0 Å². The molecule has 1 N–H and O–H groups in total. The molecule has 0 aliphatic carbocycles. The van der Waals surface area contributed by atoms with E-state index in [1.165, 1.54) is 5.56 Å². The molecule has 0 heterocycles. The summed E-state index contributed by atoms with van der Waals surface area (Å²) >= 11 is 3.38. The molecule has 0 fully saturated rings. The minimum Gasteiger partial charge on any atom is -0.481 e. The molecule has 0 bridgehead atoms. The Bertz CT molecular complexity index is 675. The minimum absolute atomic E-state index is 0.0994. The zero-order chi connectivity index (χ0) is 17.0. The van der Waals surface area contributed by atoms with Crippen LogP contribution in [0.2, 0.25) is 0 Å². The molecule has 0 spiro atoms. The number of ether oxygens (including phenoxy) is 1. The maximum atomic E-state index is 12.2. The van der Waals surface area contributed by atoms with Crippen LogP contribution in [0.4, 0.5) is 5.69 Å². The summed E-state index contributed by atoms with van der Waals surface area (Å²) in [6.07, 6.45) is -0.575. The quantitative estimate of drug-likeness (QED) is 0.801. The number of carbonyl (C=O) groups is 1. The zero-order valence-electron chi connectivity index (χ0n) is 13.9. The van der Waals surface area contributed by atoms with Crippen molar-refractivity contribution < 1.29 is 9.53 Å². The molecule has 0 saturated heterocycles. The molecular weight excluding hydrogens is 354 g/mol. The zero-order valence-corrected chi connectivity index (χ0v) is 15.5. The van der Waals surface area contributed by atoms with Crippen LogP contribution in [0.5, 0.6) is 5.75 Å². The van der Waals surface area contributed by atoms with Crippen LogP contribution >= 0.6 is 15.9 Å². The molecule has 0 radical (unpaired) electrons. The number of carbonyl (C=O) groups excluding carboxylic acids is 1. The van der Waals surface area contributed by atoms with Crippen LogP contribution in [-0.4, -0.2) is 12.0 Å². The normalized spacial score (nSPS) is 12.6. The third kappa shape index (κ3) is 5.10. The third-order valence-corrected chi connectivity index (χ3v) is 3.99. The highest BCUT2D eigenvalue weighted by Crippen LogP contribution is 2.24. The van der Waals surface area contributed by atoms with Gasteiger partial charge in [0.05, 0.1) is 0 Å². The fourth-order valence-electron chi connectivity index (χ4n) is 2.10. The van der Waals surface area contributed by atoms with Crippen molar-refractivity contribution in [3.05, 3.63) is 58.6 Å². The summed E-state index contributed by atoms with van der Waals surface area (Å²) < 4.78 is 6.64. The van der Waals surface area contributed by atoms with Gasteiger partial charge in [0.15, 0.2) is 6.10 Å². The van der Waals surface area contributed by atoms with Crippen LogP contribution < -0.4 is 10.1 Å². The van der Waals surface area contributed by atoms with Gasteiger partial charge in [0.1, 0.15) is 5.75 Å². The van der Waals surface area contributed by atoms with Gasteiger partial charge in [-0.2, -0.15) is 0 Å². The van der Waals surface area contributed by atoms with E-state index in [0.717, 1.165) is 10.2 Å². The summed E-state index contributed by atoms with van der Waals surface area (Å²) in [5.74, 6) is 0.512. The molecule has 1 atom stereocenters. The number of benzene rings is 2. The lowest BCUT2D eigenvalue weighted by Crippen LogP contribution is -2.30. The lowest BCUT2D eigenvalue weighted by Gasteiger charge is -2.20. The third-order valence-electron chi connectivity index (χ3n) is 3.49. The molecule has 1 amide bonds. The number of anilines is 1. The summed E-state index contributed by atoms with van der Waals surface area (Å²) in [6, 6.07) is 15.4. The topological polar surface area (TPSA) is 38.3 Å². The first-order chi connectivity index (χ1) is 10.8. The monoisotopic (exact) mass is 375 g/mol. The highest BCUT2D eigenvalue weighted by molar-refractivity contribution is 9.10. The maximum absolute atomic E-state index is 12.2. The van der Waals surface area contributed by atoms with Gasteiger partial charge in [-0.15, -0.1) is 0 Å². The molecule has 2 rings (SSSR count).